The summed E-state index contributed by atoms with van der Waals surface area (Å²) in [6.07, 6.45) is 0.227. The van der Waals surface area contributed by atoms with E-state index < -0.39 is 43.1 Å². The summed E-state index contributed by atoms with van der Waals surface area (Å²) in [4.78, 5) is 24.7. The van der Waals surface area contributed by atoms with Crippen LogP contribution < -0.4 is 0 Å². The van der Waals surface area contributed by atoms with Gasteiger partial charge in [-0.15, -0.1) is 0 Å². The van der Waals surface area contributed by atoms with E-state index in [1.807, 2.05) is 0 Å². The molecule has 10 heteroatoms. The predicted molar refractivity (Wildman–Crippen MR) is 113 cm³/mol. The molecular weight excluding hydrogens is 444 g/mol. The minimum absolute atomic E-state index is 0.0416. The highest BCUT2D eigenvalue weighted by Crippen LogP contribution is 2.25. The van der Waals surface area contributed by atoms with Crippen molar-refractivity contribution < 1.29 is 35.9 Å². The third-order valence-corrected chi connectivity index (χ3v) is 8.10. The zero-order valence-corrected chi connectivity index (χ0v) is 18.7. The van der Waals surface area contributed by atoms with Crippen molar-refractivity contribution in [3.8, 4) is 0 Å². The molecule has 0 aliphatic carbocycles. The summed E-state index contributed by atoms with van der Waals surface area (Å²) < 4.78 is 60.7. The maximum absolute atomic E-state index is 12.8. The highest BCUT2D eigenvalue weighted by atomic mass is 32.2. The van der Waals surface area contributed by atoms with E-state index in [-0.39, 0.29) is 40.2 Å². The van der Waals surface area contributed by atoms with Gasteiger partial charge in [-0.05, 0) is 40.8 Å². The van der Waals surface area contributed by atoms with Gasteiger partial charge in [-0.2, -0.15) is 0 Å². The Kier molecular flexibility index (Phi) is 6.51. The van der Waals surface area contributed by atoms with E-state index >= 15 is 0 Å². The van der Waals surface area contributed by atoms with Crippen LogP contribution in [0.1, 0.15) is 43.0 Å². The van der Waals surface area contributed by atoms with E-state index in [1.54, 1.807) is 24.3 Å². The molecule has 0 N–H and O–H groups in total. The zero-order valence-electron chi connectivity index (χ0n) is 17.1. The van der Waals surface area contributed by atoms with Gasteiger partial charge in [0.2, 0.25) is 0 Å². The molecule has 0 saturated carbocycles. The lowest BCUT2D eigenvalue weighted by atomic mass is 10.00. The number of hydrogen-bond donors (Lipinski definition) is 0. The second kappa shape index (κ2) is 8.80. The van der Waals surface area contributed by atoms with Crippen molar-refractivity contribution in [3.05, 3.63) is 69.8 Å². The largest absolute Gasteiger partial charge is 0.465 e. The average Bonchev–Trinajstić information content (AvgIpc) is 2.72. The number of aryl methyl sites for hydroxylation is 1. The van der Waals surface area contributed by atoms with Crippen LogP contribution in [0.4, 0.5) is 0 Å². The van der Waals surface area contributed by atoms with Crippen LogP contribution in [0, 0.1) is 0 Å². The summed E-state index contributed by atoms with van der Waals surface area (Å²) in [6, 6.07) is 9.11. The molecule has 2 aromatic carbocycles. The summed E-state index contributed by atoms with van der Waals surface area (Å²) in [5.41, 5.74) is 1.17. The van der Waals surface area contributed by atoms with Crippen LogP contribution in [0.3, 0.4) is 0 Å². The van der Waals surface area contributed by atoms with Gasteiger partial charge in [0.25, 0.3) is 0 Å². The van der Waals surface area contributed by atoms with Gasteiger partial charge in [0.1, 0.15) is 0 Å². The number of carbonyl (C=O) groups excluding carboxylic acids is 2. The van der Waals surface area contributed by atoms with Crippen LogP contribution in [0.15, 0.2) is 36.4 Å². The minimum atomic E-state index is -3.73. The fraction of sp³-hybridized carbons (Fsp3) is 0.333. The number of ether oxygens (including phenoxy) is 2. The SMILES string of the molecule is COC(=O)c1cc2c(C(=O)OC)cc1CS(=O)(=O)CCc1ccc(cc1)CS(=O)(=O)C2. The first-order chi connectivity index (χ1) is 14.5. The summed E-state index contributed by atoms with van der Waals surface area (Å²) in [6.45, 7) is 0. The Morgan fingerprint density at radius 2 is 1.16 bits per heavy atom. The third-order valence-electron chi connectivity index (χ3n) is 5.00. The van der Waals surface area contributed by atoms with Gasteiger partial charge in [0.15, 0.2) is 19.7 Å². The van der Waals surface area contributed by atoms with Crippen LogP contribution in [0.5, 0.6) is 0 Å². The summed E-state index contributed by atoms with van der Waals surface area (Å²) in [5, 5.41) is 0. The standard InChI is InChI=1S/C21H22O8S2/c1-28-20(22)18-10-17-13-31(26,27)11-15-5-3-14(4-6-15)7-8-30(24,25)12-16(18)9-19(17)21(23)29-2/h3-6,9-10H,7-8,11-13H2,1-2H3. The molecule has 4 heterocycles. The van der Waals surface area contributed by atoms with E-state index in [0.29, 0.717) is 5.56 Å². The van der Waals surface area contributed by atoms with E-state index in [2.05, 4.69) is 0 Å². The Bertz CT molecular complexity index is 1230. The molecule has 8 nitrogen and oxygen atoms in total. The van der Waals surface area contributed by atoms with Crippen molar-refractivity contribution in [2.24, 2.45) is 0 Å². The molecule has 166 valence electrons. The molecule has 0 aromatic heterocycles. The lowest BCUT2D eigenvalue weighted by Crippen LogP contribution is -2.18. The van der Waals surface area contributed by atoms with Gasteiger partial charge in [0, 0.05) is 0 Å². The van der Waals surface area contributed by atoms with Crippen molar-refractivity contribution in [1.29, 1.82) is 0 Å². The molecule has 0 amide bonds. The maximum Gasteiger partial charge on any atom is 0.338 e. The first-order valence-corrected chi connectivity index (χ1v) is 13.0. The smallest absolute Gasteiger partial charge is 0.338 e. The van der Waals surface area contributed by atoms with Crippen LogP contribution in [-0.4, -0.2) is 48.7 Å². The molecule has 0 unspecified atom stereocenters. The molecular formula is C21H22O8S2. The van der Waals surface area contributed by atoms with Gasteiger partial charge in [-0.1, -0.05) is 24.3 Å². The topological polar surface area (TPSA) is 121 Å². The zero-order chi connectivity index (χ0) is 22.8. The van der Waals surface area contributed by atoms with E-state index in [0.717, 1.165) is 19.8 Å². The molecule has 31 heavy (non-hydrogen) atoms. The predicted octanol–water partition coefficient (Wildman–Crippen LogP) is 1.85. The van der Waals surface area contributed by atoms with Crippen molar-refractivity contribution >= 4 is 31.6 Å². The number of esters is 2. The van der Waals surface area contributed by atoms with E-state index in [4.69, 9.17) is 9.47 Å². The number of hydrogen-bond acceptors (Lipinski definition) is 8. The monoisotopic (exact) mass is 466 g/mol. The number of methoxy groups -OCH3 is 2. The van der Waals surface area contributed by atoms with Gasteiger partial charge in [-0.25, -0.2) is 26.4 Å². The molecule has 4 bridgehead atoms. The van der Waals surface area contributed by atoms with Crippen LogP contribution in [0.2, 0.25) is 0 Å². The molecule has 0 saturated heterocycles. The second-order valence-corrected chi connectivity index (χ2v) is 11.6. The fourth-order valence-electron chi connectivity index (χ4n) is 3.45. The summed E-state index contributed by atoms with van der Waals surface area (Å²) >= 11 is 0. The normalized spacial score (nSPS) is 17.4. The summed E-state index contributed by atoms with van der Waals surface area (Å²) in [5.74, 6) is -3.14. The number of carbonyl (C=O) groups is 2. The van der Waals surface area contributed by atoms with Crippen molar-refractivity contribution in [2.75, 3.05) is 20.0 Å². The lowest BCUT2D eigenvalue weighted by molar-refractivity contribution is 0.0585. The molecule has 0 radical (unpaired) electrons. The number of sulfone groups is 2. The van der Waals surface area contributed by atoms with Crippen LogP contribution in [-0.2, 0) is 52.8 Å². The van der Waals surface area contributed by atoms with Crippen molar-refractivity contribution in [3.63, 3.8) is 0 Å². The molecule has 0 fully saturated rings. The Balaban J connectivity index is 2.25. The third kappa shape index (κ3) is 5.50. The number of rotatable bonds is 2. The molecule has 4 aliphatic heterocycles. The average molecular weight is 467 g/mol. The van der Waals surface area contributed by atoms with Crippen LogP contribution >= 0.6 is 0 Å². The summed E-state index contributed by atoms with van der Waals surface area (Å²) in [7, 11) is -5.12. The van der Waals surface area contributed by atoms with Gasteiger partial charge < -0.3 is 9.47 Å². The Morgan fingerprint density at radius 1 is 0.710 bits per heavy atom. The van der Waals surface area contributed by atoms with Crippen molar-refractivity contribution in [1.82, 2.24) is 0 Å². The molecule has 4 aliphatic rings. The Morgan fingerprint density at radius 3 is 1.65 bits per heavy atom. The number of benzene rings is 2. The molecule has 0 atom stereocenters. The lowest BCUT2D eigenvalue weighted by Gasteiger charge is -2.15. The van der Waals surface area contributed by atoms with E-state index in [1.165, 1.54) is 12.1 Å². The first-order valence-electron chi connectivity index (χ1n) is 9.34. The van der Waals surface area contributed by atoms with Gasteiger partial charge in [0.05, 0.1) is 48.4 Å². The minimum Gasteiger partial charge on any atom is -0.465 e. The molecule has 0 spiro atoms. The Labute approximate surface area is 181 Å². The molecule has 6 rings (SSSR count). The van der Waals surface area contributed by atoms with Crippen LogP contribution in [0.25, 0.3) is 0 Å². The maximum atomic E-state index is 12.8. The highest BCUT2D eigenvalue weighted by molar-refractivity contribution is 7.90. The van der Waals surface area contributed by atoms with Gasteiger partial charge >= 0.3 is 11.9 Å². The van der Waals surface area contributed by atoms with Crippen molar-refractivity contribution in [2.45, 2.75) is 23.7 Å². The quantitative estimate of drug-likeness (QED) is 0.615. The fourth-order valence-corrected chi connectivity index (χ4v) is 6.37. The highest BCUT2D eigenvalue weighted by Gasteiger charge is 2.26. The first kappa shape index (κ1) is 23.0. The van der Waals surface area contributed by atoms with Gasteiger partial charge in [-0.3, -0.25) is 0 Å². The molecule has 2 aromatic rings. The second-order valence-electron chi connectivity index (χ2n) is 7.34. The Hall–Kier alpha value is -2.72. The van der Waals surface area contributed by atoms with E-state index in [9.17, 15) is 26.4 Å².